The number of methoxy groups -OCH3 is 1. The highest BCUT2D eigenvalue weighted by Gasteiger charge is 2.15. The number of hydrogen-bond acceptors (Lipinski definition) is 4. The minimum atomic E-state index is 0.225. The molecule has 1 saturated heterocycles. The van der Waals surface area contributed by atoms with E-state index in [1.165, 1.54) is 0 Å². The van der Waals surface area contributed by atoms with Crippen molar-refractivity contribution >= 4 is 5.69 Å². The molecule has 0 saturated carbocycles. The fraction of sp³-hybridized carbons (Fsp3) is 0.500. The predicted octanol–water partition coefficient (Wildman–Crippen LogP) is 1.58. The fourth-order valence-electron chi connectivity index (χ4n) is 1.73. The van der Waals surface area contributed by atoms with Gasteiger partial charge in [0.2, 0.25) is 0 Å². The summed E-state index contributed by atoms with van der Waals surface area (Å²) in [6, 6.07) is 5.71. The molecule has 1 aromatic carbocycles. The first-order valence-electron chi connectivity index (χ1n) is 5.41. The van der Waals surface area contributed by atoms with Gasteiger partial charge >= 0.3 is 0 Å². The van der Waals surface area contributed by atoms with Crippen LogP contribution in [0, 0.1) is 0 Å². The van der Waals surface area contributed by atoms with Crippen molar-refractivity contribution < 1.29 is 14.2 Å². The zero-order valence-corrected chi connectivity index (χ0v) is 9.44. The third kappa shape index (κ3) is 2.65. The molecule has 2 rings (SSSR count). The molecule has 16 heavy (non-hydrogen) atoms. The van der Waals surface area contributed by atoms with Crippen LogP contribution in [0.25, 0.3) is 0 Å². The minimum Gasteiger partial charge on any atom is -0.495 e. The van der Waals surface area contributed by atoms with Gasteiger partial charge < -0.3 is 19.9 Å². The molecule has 1 atom stereocenters. The Labute approximate surface area is 95.3 Å². The van der Waals surface area contributed by atoms with Crippen molar-refractivity contribution in [1.29, 1.82) is 0 Å². The molecule has 1 aliphatic heterocycles. The van der Waals surface area contributed by atoms with Gasteiger partial charge in [-0.3, -0.25) is 0 Å². The average molecular weight is 223 g/mol. The summed E-state index contributed by atoms with van der Waals surface area (Å²) in [7, 11) is 1.61. The molecule has 1 unspecified atom stereocenters. The molecule has 0 spiro atoms. The summed E-state index contributed by atoms with van der Waals surface area (Å²) in [5.41, 5.74) is 7.52. The standard InChI is InChI=1S/C12H17NO3/c1-14-12-3-2-9(6-11(12)13)7-16-10-4-5-15-8-10/h2-3,6,10H,4-5,7-8,13H2,1H3. The van der Waals surface area contributed by atoms with E-state index >= 15 is 0 Å². The molecule has 1 aliphatic rings. The summed E-state index contributed by atoms with van der Waals surface area (Å²) in [6.45, 7) is 2.07. The van der Waals surface area contributed by atoms with E-state index < -0.39 is 0 Å². The fourth-order valence-corrected chi connectivity index (χ4v) is 1.73. The summed E-state index contributed by atoms with van der Waals surface area (Å²) < 4.78 is 16.0. The summed E-state index contributed by atoms with van der Waals surface area (Å²) >= 11 is 0. The van der Waals surface area contributed by atoms with Crippen LogP contribution in [0.3, 0.4) is 0 Å². The van der Waals surface area contributed by atoms with Gasteiger partial charge in [0.05, 0.1) is 32.1 Å². The lowest BCUT2D eigenvalue weighted by Gasteiger charge is -2.11. The van der Waals surface area contributed by atoms with Gasteiger partial charge in [0, 0.05) is 6.61 Å². The second kappa shape index (κ2) is 5.18. The molecular formula is C12H17NO3. The van der Waals surface area contributed by atoms with Gasteiger partial charge in [0.25, 0.3) is 0 Å². The average Bonchev–Trinajstić information content (AvgIpc) is 2.79. The molecule has 0 aliphatic carbocycles. The molecule has 1 heterocycles. The SMILES string of the molecule is COc1ccc(COC2CCOC2)cc1N. The molecule has 1 fully saturated rings. The normalized spacial score (nSPS) is 19.9. The van der Waals surface area contributed by atoms with Crippen LogP contribution in [-0.2, 0) is 16.1 Å². The minimum absolute atomic E-state index is 0.225. The molecular weight excluding hydrogens is 206 g/mol. The topological polar surface area (TPSA) is 53.7 Å². The quantitative estimate of drug-likeness (QED) is 0.787. The number of anilines is 1. The van der Waals surface area contributed by atoms with E-state index in [1.54, 1.807) is 7.11 Å². The lowest BCUT2D eigenvalue weighted by molar-refractivity contribution is 0.0317. The van der Waals surface area contributed by atoms with E-state index in [9.17, 15) is 0 Å². The van der Waals surface area contributed by atoms with Crippen LogP contribution >= 0.6 is 0 Å². The van der Waals surface area contributed by atoms with E-state index in [2.05, 4.69) is 0 Å². The number of rotatable bonds is 4. The van der Waals surface area contributed by atoms with Crippen molar-refractivity contribution in [2.45, 2.75) is 19.1 Å². The largest absolute Gasteiger partial charge is 0.495 e. The van der Waals surface area contributed by atoms with Crippen LogP contribution in [0.2, 0.25) is 0 Å². The summed E-state index contributed by atoms with van der Waals surface area (Å²) in [4.78, 5) is 0. The highest BCUT2D eigenvalue weighted by Crippen LogP contribution is 2.22. The summed E-state index contributed by atoms with van der Waals surface area (Å²) in [5, 5.41) is 0. The molecule has 88 valence electrons. The maximum atomic E-state index is 5.81. The van der Waals surface area contributed by atoms with E-state index in [4.69, 9.17) is 19.9 Å². The van der Waals surface area contributed by atoms with E-state index in [0.717, 1.165) is 18.6 Å². The maximum absolute atomic E-state index is 5.81. The van der Waals surface area contributed by atoms with Gasteiger partial charge in [-0.1, -0.05) is 6.07 Å². The Bertz CT molecular complexity index is 348. The number of nitrogen functional groups attached to an aromatic ring is 1. The number of nitrogens with two attached hydrogens (primary N) is 1. The van der Waals surface area contributed by atoms with E-state index in [-0.39, 0.29) is 6.10 Å². The molecule has 1 aromatic rings. The zero-order valence-electron chi connectivity index (χ0n) is 9.44. The monoisotopic (exact) mass is 223 g/mol. The third-order valence-electron chi connectivity index (χ3n) is 2.67. The molecule has 4 heteroatoms. The van der Waals surface area contributed by atoms with Crippen LogP contribution in [0.5, 0.6) is 5.75 Å². The van der Waals surface area contributed by atoms with Crippen molar-refractivity contribution in [1.82, 2.24) is 0 Å². The van der Waals surface area contributed by atoms with Crippen molar-refractivity contribution in [3.8, 4) is 5.75 Å². The van der Waals surface area contributed by atoms with Crippen LogP contribution in [-0.4, -0.2) is 26.4 Å². The number of benzene rings is 1. The Morgan fingerprint density at radius 3 is 3.00 bits per heavy atom. The zero-order chi connectivity index (χ0) is 11.4. The van der Waals surface area contributed by atoms with Crippen LogP contribution in [0.1, 0.15) is 12.0 Å². The van der Waals surface area contributed by atoms with Gasteiger partial charge in [-0.2, -0.15) is 0 Å². The van der Waals surface area contributed by atoms with Crippen LogP contribution in [0.15, 0.2) is 18.2 Å². The van der Waals surface area contributed by atoms with Crippen molar-refractivity contribution in [2.24, 2.45) is 0 Å². The maximum Gasteiger partial charge on any atom is 0.141 e. The second-order valence-corrected chi connectivity index (χ2v) is 3.87. The lowest BCUT2D eigenvalue weighted by atomic mass is 10.2. The number of hydrogen-bond donors (Lipinski definition) is 1. The number of ether oxygens (including phenoxy) is 3. The Kier molecular flexibility index (Phi) is 3.64. The van der Waals surface area contributed by atoms with Gasteiger partial charge in [-0.25, -0.2) is 0 Å². The highest BCUT2D eigenvalue weighted by molar-refractivity contribution is 5.54. The van der Waals surface area contributed by atoms with Crippen LogP contribution in [0.4, 0.5) is 5.69 Å². The third-order valence-corrected chi connectivity index (χ3v) is 2.67. The molecule has 4 nitrogen and oxygen atoms in total. The van der Waals surface area contributed by atoms with Crippen molar-refractivity contribution in [2.75, 3.05) is 26.1 Å². The van der Waals surface area contributed by atoms with Crippen molar-refractivity contribution in [3.05, 3.63) is 23.8 Å². The molecule has 0 aromatic heterocycles. The van der Waals surface area contributed by atoms with Gasteiger partial charge in [0.1, 0.15) is 5.75 Å². The smallest absolute Gasteiger partial charge is 0.141 e. The van der Waals surface area contributed by atoms with Gasteiger partial charge in [-0.05, 0) is 24.1 Å². The van der Waals surface area contributed by atoms with Crippen LogP contribution < -0.4 is 10.5 Å². The first kappa shape index (κ1) is 11.2. The highest BCUT2D eigenvalue weighted by atomic mass is 16.5. The Morgan fingerprint density at radius 1 is 1.50 bits per heavy atom. The summed E-state index contributed by atoms with van der Waals surface area (Å²) in [6.07, 6.45) is 1.20. The van der Waals surface area contributed by atoms with Gasteiger partial charge in [0.15, 0.2) is 0 Å². The molecule has 0 bridgehead atoms. The lowest BCUT2D eigenvalue weighted by Crippen LogP contribution is -2.12. The first-order valence-corrected chi connectivity index (χ1v) is 5.41. The van der Waals surface area contributed by atoms with Gasteiger partial charge in [-0.15, -0.1) is 0 Å². The van der Waals surface area contributed by atoms with E-state index in [0.29, 0.717) is 24.7 Å². The molecule has 2 N–H and O–H groups in total. The summed E-state index contributed by atoms with van der Waals surface area (Å²) in [5.74, 6) is 0.702. The van der Waals surface area contributed by atoms with Crippen molar-refractivity contribution in [3.63, 3.8) is 0 Å². The first-order chi connectivity index (χ1) is 7.79. The Morgan fingerprint density at radius 2 is 2.38 bits per heavy atom. The molecule has 0 radical (unpaired) electrons. The van der Waals surface area contributed by atoms with E-state index in [1.807, 2.05) is 18.2 Å². The molecule has 0 amide bonds. The predicted molar refractivity (Wildman–Crippen MR) is 61.4 cm³/mol. The Balaban J connectivity index is 1.91. The second-order valence-electron chi connectivity index (χ2n) is 3.87. The Hall–Kier alpha value is -1.26.